The number of carbonyl (C=O) groups is 1. The van der Waals surface area contributed by atoms with Crippen LogP contribution in [0.4, 0.5) is 0 Å². The standard InChI is InChI=1S/C20H17N3O3S/c1-26-20(25)17-13-22(10-9-15-8-5-11-27-15)12-16-18(17)21-23(19(16)24)14-6-3-2-4-7-14/h2-8,11-13H,9-10H2,1H3. The summed E-state index contributed by atoms with van der Waals surface area (Å²) in [5.74, 6) is -0.511. The number of methoxy groups -OCH3 is 1. The van der Waals surface area contributed by atoms with Crippen LogP contribution in [0.25, 0.3) is 16.9 Å². The van der Waals surface area contributed by atoms with Gasteiger partial charge in [0.25, 0.3) is 5.56 Å². The minimum Gasteiger partial charge on any atom is -0.465 e. The maximum atomic E-state index is 12.9. The van der Waals surface area contributed by atoms with Crippen LogP contribution < -0.4 is 5.56 Å². The molecule has 0 fully saturated rings. The molecule has 6 nitrogen and oxygen atoms in total. The molecule has 0 saturated carbocycles. The highest BCUT2D eigenvalue weighted by molar-refractivity contribution is 7.09. The molecule has 0 unspecified atom stereocenters. The molecule has 0 bridgehead atoms. The third-order valence-electron chi connectivity index (χ3n) is 4.33. The zero-order valence-corrected chi connectivity index (χ0v) is 15.5. The molecule has 0 radical (unpaired) electrons. The van der Waals surface area contributed by atoms with Crippen LogP contribution in [0.2, 0.25) is 0 Å². The monoisotopic (exact) mass is 379 g/mol. The van der Waals surface area contributed by atoms with Crippen LogP contribution in [0.5, 0.6) is 0 Å². The normalized spacial score (nSPS) is 11.0. The second-order valence-corrected chi connectivity index (χ2v) is 7.08. The van der Waals surface area contributed by atoms with E-state index in [0.717, 1.165) is 6.42 Å². The van der Waals surface area contributed by atoms with E-state index < -0.39 is 5.97 Å². The molecule has 0 amide bonds. The molecule has 136 valence electrons. The highest BCUT2D eigenvalue weighted by Gasteiger charge is 2.24. The molecular formula is C20H17N3O3S. The Balaban J connectivity index is 1.82. The van der Waals surface area contributed by atoms with Crippen molar-refractivity contribution in [3.8, 4) is 16.9 Å². The fraction of sp³-hybridized carbons (Fsp3) is 0.150. The molecule has 2 aliphatic rings. The first-order valence-electron chi connectivity index (χ1n) is 8.46. The van der Waals surface area contributed by atoms with Crippen molar-refractivity contribution in [1.29, 1.82) is 0 Å². The van der Waals surface area contributed by atoms with Crippen molar-refractivity contribution in [3.63, 3.8) is 0 Å². The fourth-order valence-corrected chi connectivity index (χ4v) is 3.68. The van der Waals surface area contributed by atoms with Crippen LogP contribution in [-0.4, -0.2) is 27.4 Å². The fourth-order valence-electron chi connectivity index (χ4n) is 2.99. The van der Waals surface area contributed by atoms with Crippen LogP contribution in [0.3, 0.4) is 0 Å². The smallest absolute Gasteiger partial charge is 0.341 e. The number of para-hydroxylation sites is 1. The van der Waals surface area contributed by atoms with Gasteiger partial charge in [0.05, 0.1) is 18.4 Å². The highest BCUT2D eigenvalue weighted by Crippen LogP contribution is 2.23. The molecule has 4 rings (SSSR count). The van der Waals surface area contributed by atoms with Crippen LogP contribution in [-0.2, 0) is 17.7 Å². The van der Waals surface area contributed by atoms with Crippen molar-refractivity contribution < 1.29 is 9.53 Å². The van der Waals surface area contributed by atoms with Gasteiger partial charge in [0.15, 0.2) is 0 Å². The summed E-state index contributed by atoms with van der Waals surface area (Å²) in [5.41, 5.74) is 1.43. The minimum absolute atomic E-state index is 0.258. The van der Waals surface area contributed by atoms with Gasteiger partial charge < -0.3 is 9.30 Å². The summed E-state index contributed by atoms with van der Waals surface area (Å²) in [6.45, 7) is 0.649. The molecule has 2 aliphatic heterocycles. The summed E-state index contributed by atoms with van der Waals surface area (Å²) in [6.07, 6.45) is 4.27. The van der Waals surface area contributed by atoms with Crippen LogP contribution in [0.15, 0.2) is 65.0 Å². The van der Waals surface area contributed by atoms with Crippen LogP contribution in [0, 0.1) is 0 Å². The van der Waals surface area contributed by atoms with Crippen molar-refractivity contribution in [1.82, 2.24) is 14.3 Å². The number of ether oxygens (including phenoxy) is 1. The molecule has 0 aliphatic carbocycles. The average molecular weight is 379 g/mol. The molecule has 0 N–H and O–H groups in total. The quantitative estimate of drug-likeness (QED) is 0.500. The molecule has 0 atom stereocenters. The number of nitrogens with zero attached hydrogens (tertiary/aromatic N) is 3. The average Bonchev–Trinajstić information content (AvgIpc) is 3.34. The van der Waals surface area contributed by atoms with Gasteiger partial charge >= 0.3 is 5.97 Å². The lowest BCUT2D eigenvalue weighted by atomic mass is 10.1. The third kappa shape index (κ3) is 3.29. The number of hydrogen-bond donors (Lipinski definition) is 0. The molecule has 7 heteroatoms. The summed E-state index contributed by atoms with van der Waals surface area (Å²) in [6, 6.07) is 13.2. The summed E-state index contributed by atoms with van der Waals surface area (Å²) in [5, 5.41) is 6.43. The SMILES string of the molecule is COC(=O)c1cn(CCc2cccs2)cc2c(=O)n(-c3ccccc3)nc1-2. The Morgan fingerprint density at radius 2 is 1.96 bits per heavy atom. The summed E-state index contributed by atoms with van der Waals surface area (Å²) in [4.78, 5) is 26.4. The van der Waals surface area contributed by atoms with Crippen molar-refractivity contribution in [3.05, 3.63) is 81.0 Å². The summed E-state index contributed by atoms with van der Waals surface area (Å²) < 4.78 is 8.08. The van der Waals surface area contributed by atoms with Gasteiger partial charge in [-0.05, 0) is 30.0 Å². The largest absolute Gasteiger partial charge is 0.465 e. The lowest BCUT2D eigenvalue weighted by Gasteiger charge is -2.11. The predicted molar refractivity (Wildman–Crippen MR) is 104 cm³/mol. The van der Waals surface area contributed by atoms with Crippen molar-refractivity contribution in [2.75, 3.05) is 7.11 Å². The van der Waals surface area contributed by atoms with E-state index in [9.17, 15) is 9.59 Å². The molecule has 27 heavy (non-hydrogen) atoms. The van der Waals surface area contributed by atoms with E-state index in [1.54, 1.807) is 35.9 Å². The van der Waals surface area contributed by atoms with Crippen LogP contribution >= 0.6 is 11.3 Å². The number of esters is 1. The first kappa shape index (κ1) is 17.2. The minimum atomic E-state index is -0.511. The summed E-state index contributed by atoms with van der Waals surface area (Å²) in [7, 11) is 1.32. The van der Waals surface area contributed by atoms with E-state index >= 15 is 0 Å². The van der Waals surface area contributed by atoms with Crippen molar-refractivity contribution in [2.45, 2.75) is 13.0 Å². The number of thiophene rings is 1. The van der Waals surface area contributed by atoms with E-state index in [1.807, 2.05) is 34.2 Å². The topological polar surface area (TPSA) is 66.1 Å². The van der Waals surface area contributed by atoms with E-state index in [2.05, 4.69) is 11.2 Å². The van der Waals surface area contributed by atoms with Gasteiger partial charge in [0.1, 0.15) is 11.3 Å². The molecule has 0 saturated heterocycles. The molecule has 2 aromatic rings. The molecular weight excluding hydrogens is 362 g/mol. The van der Waals surface area contributed by atoms with Crippen molar-refractivity contribution in [2.24, 2.45) is 0 Å². The number of benzene rings is 1. The van der Waals surface area contributed by atoms with Gasteiger partial charge in [-0.1, -0.05) is 24.3 Å². The van der Waals surface area contributed by atoms with E-state index in [0.29, 0.717) is 23.5 Å². The number of hydrogen-bond acceptors (Lipinski definition) is 5. The third-order valence-corrected chi connectivity index (χ3v) is 5.26. The number of pyridine rings is 1. The van der Waals surface area contributed by atoms with Crippen molar-refractivity contribution >= 4 is 17.3 Å². The lowest BCUT2D eigenvalue weighted by molar-refractivity contribution is 0.0600. The second-order valence-electron chi connectivity index (χ2n) is 6.05. The Bertz CT molecular complexity index is 1100. The molecule has 0 spiro atoms. The van der Waals surface area contributed by atoms with E-state index in [4.69, 9.17) is 4.74 Å². The van der Waals surface area contributed by atoms with E-state index in [1.165, 1.54) is 16.7 Å². The van der Waals surface area contributed by atoms with Gasteiger partial charge in [0.2, 0.25) is 0 Å². The van der Waals surface area contributed by atoms with Gasteiger partial charge in [-0.15, -0.1) is 11.3 Å². The first-order chi connectivity index (χ1) is 13.2. The number of aromatic nitrogens is 3. The van der Waals surface area contributed by atoms with Gasteiger partial charge in [-0.3, -0.25) is 4.79 Å². The maximum Gasteiger partial charge on any atom is 0.341 e. The predicted octanol–water partition coefficient (Wildman–Crippen LogP) is 3.23. The Morgan fingerprint density at radius 3 is 2.67 bits per heavy atom. The number of carbonyl (C=O) groups excluding carboxylic acids is 1. The Kier molecular flexibility index (Phi) is 4.60. The van der Waals surface area contributed by atoms with Gasteiger partial charge in [-0.25, -0.2) is 4.79 Å². The molecule has 1 aromatic heterocycles. The Hall–Kier alpha value is -3.19. The van der Waals surface area contributed by atoms with Gasteiger partial charge in [0, 0.05) is 23.8 Å². The lowest BCUT2D eigenvalue weighted by Crippen LogP contribution is -2.16. The zero-order chi connectivity index (χ0) is 18.8. The first-order valence-corrected chi connectivity index (χ1v) is 9.34. The van der Waals surface area contributed by atoms with E-state index in [-0.39, 0.29) is 11.1 Å². The number of fused-ring (bicyclic) bond motifs is 1. The Labute approximate surface area is 159 Å². The molecule has 3 heterocycles. The molecule has 1 aromatic carbocycles. The zero-order valence-electron chi connectivity index (χ0n) is 14.7. The second kappa shape index (κ2) is 7.20. The highest BCUT2D eigenvalue weighted by atomic mass is 32.1. The number of aryl methyl sites for hydroxylation is 2. The van der Waals surface area contributed by atoms with Crippen LogP contribution in [0.1, 0.15) is 15.2 Å². The number of rotatable bonds is 5. The van der Waals surface area contributed by atoms with Gasteiger partial charge in [-0.2, -0.15) is 9.78 Å². The maximum absolute atomic E-state index is 12.9. The summed E-state index contributed by atoms with van der Waals surface area (Å²) >= 11 is 1.68. The Morgan fingerprint density at radius 1 is 1.15 bits per heavy atom.